The maximum atomic E-state index is 13.8. The smallest absolute Gasteiger partial charge is 0.307 e. The van der Waals surface area contributed by atoms with Gasteiger partial charge in [-0.15, -0.1) is 0 Å². The number of fused-ring (bicyclic) bond motifs is 1. The van der Waals surface area contributed by atoms with Gasteiger partial charge in [0.05, 0.1) is 33.8 Å². The number of carbonyl (C=O) groups excluding carboxylic acids is 2. The maximum Gasteiger partial charge on any atom is 0.307 e. The van der Waals surface area contributed by atoms with Crippen LogP contribution in [0.4, 0.5) is 4.39 Å². The van der Waals surface area contributed by atoms with Crippen LogP contribution in [0.3, 0.4) is 0 Å². The molecule has 1 aliphatic rings. The van der Waals surface area contributed by atoms with Crippen molar-refractivity contribution in [3.05, 3.63) is 53.3 Å². The van der Waals surface area contributed by atoms with Crippen LogP contribution in [0, 0.1) is 5.82 Å². The topological polar surface area (TPSA) is 74.3 Å². The molecular formula is C22H24FNO6. The minimum Gasteiger partial charge on any atom is -0.493 e. The molecule has 160 valence electrons. The van der Waals surface area contributed by atoms with Crippen LogP contribution < -0.4 is 14.2 Å². The lowest BCUT2D eigenvalue weighted by molar-refractivity contribution is -0.144. The summed E-state index contributed by atoms with van der Waals surface area (Å²) in [5, 5.41) is 0. The lowest BCUT2D eigenvalue weighted by atomic mass is 9.90. The molecule has 0 saturated heterocycles. The highest BCUT2D eigenvalue weighted by Crippen LogP contribution is 2.39. The summed E-state index contributed by atoms with van der Waals surface area (Å²) < 4.78 is 34.7. The second-order valence-electron chi connectivity index (χ2n) is 6.76. The van der Waals surface area contributed by atoms with Crippen molar-refractivity contribution < 1.29 is 32.9 Å². The third kappa shape index (κ3) is 4.48. The minimum atomic E-state index is -0.558. The molecule has 0 saturated carbocycles. The number of carbonyl (C=O) groups is 2. The molecule has 0 aliphatic carbocycles. The largest absolute Gasteiger partial charge is 0.493 e. The molecule has 0 spiro atoms. The Labute approximate surface area is 174 Å². The maximum absolute atomic E-state index is 13.8. The zero-order valence-electron chi connectivity index (χ0n) is 17.1. The summed E-state index contributed by atoms with van der Waals surface area (Å²) in [5.41, 5.74) is 1.74. The predicted octanol–water partition coefficient (Wildman–Crippen LogP) is 2.91. The van der Waals surface area contributed by atoms with Gasteiger partial charge in [-0.2, -0.15) is 0 Å². The summed E-state index contributed by atoms with van der Waals surface area (Å²) in [6, 6.07) is 8.96. The number of rotatable bonds is 7. The standard InChI is InChI=1S/C22H24FNO6/c1-27-19-10-14-8-9-24(21(25)13-30-18-7-5-4-6-16(18)23)17(12-22(26)29-3)15(14)11-20(19)28-2/h4-7,10-11,17H,8-9,12-13H2,1-3H3. The molecule has 1 aliphatic heterocycles. The number of esters is 1. The molecule has 2 aromatic carbocycles. The molecular weight excluding hydrogens is 393 g/mol. The van der Waals surface area contributed by atoms with E-state index in [0.717, 1.165) is 11.1 Å². The van der Waals surface area contributed by atoms with Crippen LogP contribution in [0.2, 0.25) is 0 Å². The van der Waals surface area contributed by atoms with Crippen molar-refractivity contribution in [2.45, 2.75) is 18.9 Å². The molecule has 1 atom stereocenters. The van der Waals surface area contributed by atoms with E-state index in [0.29, 0.717) is 24.5 Å². The van der Waals surface area contributed by atoms with Crippen molar-refractivity contribution in [3.63, 3.8) is 0 Å². The van der Waals surface area contributed by atoms with E-state index in [9.17, 15) is 14.0 Å². The van der Waals surface area contributed by atoms with Gasteiger partial charge in [0.25, 0.3) is 5.91 Å². The van der Waals surface area contributed by atoms with E-state index in [1.165, 1.54) is 26.4 Å². The van der Waals surface area contributed by atoms with Gasteiger partial charge < -0.3 is 23.8 Å². The fourth-order valence-corrected chi connectivity index (χ4v) is 3.57. The van der Waals surface area contributed by atoms with Gasteiger partial charge in [0.1, 0.15) is 0 Å². The zero-order valence-corrected chi connectivity index (χ0v) is 17.1. The Kier molecular flexibility index (Phi) is 6.76. The number of hydrogen-bond acceptors (Lipinski definition) is 6. The van der Waals surface area contributed by atoms with E-state index in [4.69, 9.17) is 18.9 Å². The van der Waals surface area contributed by atoms with Crippen LogP contribution in [0.25, 0.3) is 0 Å². The van der Waals surface area contributed by atoms with Crippen LogP contribution in [0.1, 0.15) is 23.6 Å². The summed E-state index contributed by atoms with van der Waals surface area (Å²) >= 11 is 0. The molecule has 30 heavy (non-hydrogen) atoms. The summed E-state index contributed by atoms with van der Waals surface area (Å²) in [5.74, 6) is -0.266. The van der Waals surface area contributed by atoms with Gasteiger partial charge in [0.15, 0.2) is 29.7 Å². The van der Waals surface area contributed by atoms with Crippen molar-refractivity contribution in [3.8, 4) is 17.2 Å². The Morgan fingerprint density at radius 1 is 1.07 bits per heavy atom. The molecule has 0 aromatic heterocycles. The SMILES string of the molecule is COC(=O)CC1c2cc(OC)c(OC)cc2CCN1C(=O)COc1ccccc1F. The predicted molar refractivity (Wildman–Crippen MR) is 106 cm³/mol. The van der Waals surface area contributed by atoms with E-state index in [1.807, 2.05) is 6.07 Å². The molecule has 1 heterocycles. The van der Waals surface area contributed by atoms with Gasteiger partial charge in [-0.05, 0) is 41.8 Å². The molecule has 0 radical (unpaired) electrons. The van der Waals surface area contributed by atoms with Gasteiger partial charge in [-0.25, -0.2) is 4.39 Å². The molecule has 1 amide bonds. The Morgan fingerprint density at radius 2 is 1.77 bits per heavy atom. The second-order valence-corrected chi connectivity index (χ2v) is 6.76. The third-order valence-electron chi connectivity index (χ3n) is 5.10. The van der Waals surface area contributed by atoms with Gasteiger partial charge >= 0.3 is 5.97 Å². The van der Waals surface area contributed by atoms with Crippen molar-refractivity contribution in [1.82, 2.24) is 4.90 Å². The van der Waals surface area contributed by atoms with Crippen LogP contribution >= 0.6 is 0 Å². The van der Waals surface area contributed by atoms with E-state index < -0.39 is 17.8 Å². The average molecular weight is 417 g/mol. The number of halogens is 1. The number of hydrogen-bond donors (Lipinski definition) is 0. The van der Waals surface area contributed by atoms with Crippen molar-refractivity contribution in [2.24, 2.45) is 0 Å². The number of benzene rings is 2. The van der Waals surface area contributed by atoms with Crippen molar-refractivity contribution >= 4 is 11.9 Å². The first-order valence-corrected chi connectivity index (χ1v) is 9.46. The zero-order chi connectivity index (χ0) is 21.7. The lowest BCUT2D eigenvalue weighted by Crippen LogP contribution is -2.43. The molecule has 0 bridgehead atoms. The Balaban J connectivity index is 1.87. The molecule has 8 heteroatoms. The highest BCUT2D eigenvalue weighted by molar-refractivity contribution is 5.80. The monoisotopic (exact) mass is 417 g/mol. The quantitative estimate of drug-likeness (QED) is 0.645. The number of nitrogens with zero attached hydrogens (tertiary/aromatic N) is 1. The first-order chi connectivity index (χ1) is 14.5. The van der Waals surface area contributed by atoms with Gasteiger partial charge in [-0.1, -0.05) is 12.1 Å². The molecule has 2 aromatic rings. The summed E-state index contributed by atoms with van der Waals surface area (Å²) in [6.45, 7) is 0.0326. The van der Waals surface area contributed by atoms with Crippen LogP contribution in [-0.2, 0) is 20.7 Å². The van der Waals surface area contributed by atoms with E-state index in [2.05, 4.69) is 0 Å². The van der Waals surface area contributed by atoms with Crippen LogP contribution in [0.15, 0.2) is 36.4 Å². The number of amides is 1. The van der Waals surface area contributed by atoms with E-state index in [1.54, 1.807) is 30.2 Å². The molecule has 3 rings (SSSR count). The van der Waals surface area contributed by atoms with Crippen LogP contribution in [0.5, 0.6) is 17.2 Å². The molecule has 7 nitrogen and oxygen atoms in total. The average Bonchev–Trinajstić information content (AvgIpc) is 2.77. The van der Waals surface area contributed by atoms with Crippen LogP contribution in [-0.4, -0.2) is 51.3 Å². The first kappa shape index (κ1) is 21.4. The van der Waals surface area contributed by atoms with Gasteiger partial charge in [0, 0.05) is 6.54 Å². The summed E-state index contributed by atoms with van der Waals surface area (Å²) in [6.07, 6.45) is 0.545. The van der Waals surface area contributed by atoms with Crippen molar-refractivity contribution in [2.75, 3.05) is 34.5 Å². The Morgan fingerprint density at radius 3 is 2.43 bits per heavy atom. The lowest BCUT2D eigenvalue weighted by Gasteiger charge is -2.37. The Bertz CT molecular complexity index is 932. The first-order valence-electron chi connectivity index (χ1n) is 9.46. The number of ether oxygens (including phenoxy) is 4. The van der Waals surface area contributed by atoms with E-state index >= 15 is 0 Å². The second kappa shape index (κ2) is 9.47. The fourth-order valence-electron chi connectivity index (χ4n) is 3.57. The summed E-state index contributed by atoms with van der Waals surface area (Å²) in [4.78, 5) is 26.5. The molecule has 0 N–H and O–H groups in total. The van der Waals surface area contributed by atoms with Gasteiger partial charge in [0.2, 0.25) is 0 Å². The highest BCUT2D eigenvalue weighted by Gasteiger charge is 2.34. The van der Waals surface area contributed by atoms with Crippen molar-refractivity contribution in [1.29, 1.82) is 0 Å². The summed E-state index contributed by atoms with van der Waals surface area (Å²) in [7, 11) is 4.37. The molecule has 1 unspecified atom stereocenters. The van der Waals surface area contributed by atoms with E-state index in [-0.39, 0.29) is 24.7 Å². The molecule has 0 fully saturated rings. The normalized spacial score (nSPS) is 15.2. The number of para-hydroxylation sites is 1. The Hall–Kier alpha value is -3.29. The minimum absolute atomic E-state index is 0.000756. The third-order valence-corrected chi connectivity index (χ3v) is 5.10. The number of methoxy groups -OCH3 is 3. The fraction of sp³-hybridized carbons (Fsp3) is 0.364. The van der Waals surface area contributed by atoms with Gasteiger partial charge in [-0.3, -0.25) is 9.59 Å². The highest BCUT2D eigenvalue weighted by atomic mass is 19.1.